The number of fused-ring (bicyclic) bond motifs is 1. The van der Waals surface area contributed by atoms with Crippen LogP contribution in [-0.4, -0.2) is 36.9 Å². The van der Waals surface area contributed by atoms with Crippen molar-refractivity contribution in [3.8, 4) is 11.8 Å². The lowest BCUT2D eigenvalue weighted by Gasteiger charge is -2.33. The Balaban J connectivity index is 1.36. The molecule has 1 unspecified atom stereocenters. The van der Waals surface area contributed by atoms with Gasteiger partial charge in [0.1, 0.15) is 23.5 Å². The van der Waals surface area contributed by atoms with Crippen LogP contribution in [0.1, 0.15) is 31.2 Å². The molecule has 3 heterocycles. The van der Waals surface area contributed by atoms with Gasteiger partial charge in [-0.25, -0.2) is 0 Å². The van der Waals surface area contributed by atoms with Crippen molar-refractivity contribution in [3.63, 3.8) is 0 Å². The van der Waals surface area contributed by atoms with Crippen LogP contribution in [0.5, 0.6) is 5.75 Å². The van der Waals surface area contributed by atoms with Crippen LogP contribution < -0.4 is 20.1 Å². The van der Waals surface area contributed by atoms with Crippen molar-refractivity contribution >= 4 is 22.3 Å². The second kappa shape index (κ2) is 8.58. The average molecular weight is 429 g/mol. The largest absolute Gasteiger partial charge is 0.490 e. The zero-order valence-corrected chi connectivity index (χ0v) is 18.5. The van der Waals surface area contributed by atoms with Crippen LogP contribution in [0.4, 0.5) is 11.4 Å². The number of aromatic nitrogens is 1. The number of nitrogens with zero attached hydrogens (tertiary/aromatic N) is 4. The maximum absolute atomic E-state index is 12.9. The second-order valence-corrected chi connectivity index (χ2v) is 8.71. The van der Waals surface area contributed by atoms with Crippen LogP contribution in [0.2, 0.25) is 0 Å². The Labute approximate surface area is 188 Å². The number of anilines is 2. The van der Waals surface area contributed by atoms with E-state index in [2.05, 4.69) is 40.1 Å². The van der Waals surface area contributed by atoms with Gasteiger partial charge >= 0.3 is 0 Å². The molecule has 1 aromatic heterocycles. The highest BCUT2D eigenvalue weighted by Gasteiger charge is 2.24. The quantitative estimate of drug-likeness (QED) is 0.627. The molecule has 1 atom stereocenters. The van der Waals surface area contributed by atoms with Crippen molar-refractivity contribution in [1.82, 2.24) is 4.57 Å². The van der Waals surface area contributed by atoms with Gasteiger partial charge in [-0.3, -0.25) is 4.79 Å². The summed E-state index contributed by atoms with van der Waals surface area (Å²) in [6.07, 6.45) is 4.15. The predicted molar refractivity (Wildman–Crippen MR) is 128 cm³/mol. The molecule has 2 aliphatic heterocycles. The molecule has 0 N–H and O–H groups in total. The summed E-state index contributed by atoms with van der Waals surface area (Å²) in [5, 5.41) is 10.7. The van der Waals surface area contributed by atoms with E-state index < -0.39 is 0 Å². The molecule has 164 valence electrons. The van der Waals surface area contributed by atoms with E-state index in [0.717, 1.165) is 67.8 Å². The highest BCUT2D eigenvalue weighted by molar-refractivity contribution is 5.94. The first-order valence-electron chi connectivity index (χ1n) is 11.4. The van der Waals surface area contributed by atoms with Gasteiger partial charge in [0.05, 0.1) is 11.2 Å². The zero-order chi connectivity index (χ0) is 22.1. The molecule has 0 spiro atoms. The summed E-state index contributed by atoms with van der Waals surface area (Å²) in [7, 11) is 1.73. The van der Waals surface area contributed by atoms with Gasteiger partial charge in [0, 0.05) is 50.7 Å². The summed E-state index contributed by atoms with van der Waals surface area (Å²) in [6, 6.07) is 18.4. The van der Waals surface area contributed by atoms with Crippen molar-refractivity contribution in [2.24, 2.45) is 7.05 Å². The zero-order valence-electron chi connectivity index (χ0n) is 18.5. The SMILES string of the molecule is Cn1c(=O)c(C#N)c(N2CCCC(Oc3ccc(N4CCC4)cc3)CC2)c2ccccc21. The van der Waals surface area contributed by atoms with E-state index in [9.17, 15) is 10.1 Å². The van der Waals surface area contributed by atoms with Crippen molar-refractivity contribution in [2.75, 3.05) is 36.0 Å². The number of para-hydroxylation sites is 1. The number of hydrogen-bond donors (Lipinski definition) is 0. The maximum atomic E-state index is 12.9. The molecule has 0 saturated carbocycles. The molecule has 2 fully saturated rings. The molecule has 6 heteroatoms. The van der Waals surface area contributed by atoms with Crippen molar-refractivity contribution in [3.05, 3.63) is 64.4 Å². The summed E-state index contributed by atoms with van der Waals surface area (Å²) in [4.78, 5) is 17.4. The minimum Gasteiger partial charge on any atom is -0.490 e. The van der Waals surface area contributed by atoms with Gasteiger partial charge in [0.15, 0.2) is 0 Å². The monoisotopic (exact) mass is 428 g/mol. The van der Waals surface area contributed by atoms with Gasteiger partial charge in [0.25, 0.3) is 5.56 Å². The molecule has 0 radical (unpaired) electrons. The Morgan fingerprint density at radius 1 is 0.938 bits per heavy atom. The standard InChI is InChI=1S/C26H28N4O2/c1-28-24-8-3-2-7-22(24)25(23(18-27)26(28)31)30-14-4-6-20(13-17-30)32-21-11-9-19(10-12-21)29-15-5-16-29/h2-3,7-12,20H,4-6,13-17H2,1H3. The van der Waals surface area contributed by atoms with Crippen LogP contribution in [0.15, 0.2) is 53.3 Å². The van der Waals surface area contributed by atoms with Crippen LogP contribution in [0.3, 0.4) is 0 Å². The van der Waals surface area contributed by atoms with E-state index in [4.69, 9.17) is 4.74 Å². The minimum atomic E-state index is -0.236. The Hall–Kier alpha value is -3.46. The summed E-state index contributed by atoms with van der Waals surface area (Å²) >= 11 is 0. The van der Waals surface area contributed by atoms with E-state index in [1.165, 1.54) is 12.1 Å². The normalized spacial score (nSPS) is 18.7. The van der Waals surface area contributed by atoms with Crippen LogP contribution >= 0.6 is 0 Å². The van der Waals surface area contributed by atoms with Crippen LogP contribution in [-0.2, 0) is 7.05 Å². The number of nitriles is 1. The smallest absolute Gasteiger partial charge is 0.270 e. The first-order valence-corrected chi connectivity index (χ1v) is 11.4. The summed E-state index contributed by atoms with van der Waals surface area (Å²) in [5.41, 5.74) is 2.88. The molecule has 6 nitrogen and oxygen atoms in total. The Kier molecular flexibility index (Phi) is 5.48. The van der Waals surface area contributed by atoms with Gasteiger partial charge in [0.2, 0.25) is 0 Å². The van der Waals surface area contributed by atoms with E-state index in [-0.39, 0.29) is 17.2 Å². The van der Waals surface area contributed by atoms with E-state index in [1.54, 1.807) is 11.6 Å². The molecule has 2 aliphatic rings. The first kappa shape index (κ1) is 20.4. The summed E-state index contributed by atoms with van der Waals surface area (Å²) in [6.45, 7) is 3.84. The molecule has 32 heavy (non-hydrogen) atoms. The molecule has 5 rings (SSSR count). The summed E-state index contributed by atoms with van der Waals surface area (Å²) < 4.78 is 7.89. The molecular formula is C26H28N4O2. The van der Waals surface area contributed by atoms with Crippen molar-refractivity contribution < 1.29 is 4.74 Å². The van der Waals surface area contributed by atoms with E-state index in [0.29, 0.717) is 0 Å². The Morgan fingerprint density at radius 2 is 1.69 bits per heavy atom. The fourth-order valence-electron chi connectivity index (χ4n) is 4.82. The van der Waals surface area contributed by atoms with Crippen molar-refractivity contribution in [1.29, 1.82) is 5.26 Å². The van der Waals surface area contributed by atoms with Gasteiger partial charge in [-0.15, -0.1) is 0 Å². The lowest BCUT2D eigenvalue weighted by Crippen LogP contribution is -2.36. The summed E-state index contributed by atoms with van der Waals surface area (Å²) in [5.74, 6) is 0.907. The third-order valence-corrected chi connectivity index (χ3v) is 6.74. The average Bonchev–Trinajstić information content (AvgIpc) is 3.01. The van der Waals surface area contributed by atoms with Gasteiger partial charge in [-0.05, 0) is 49.6 Å². The minimum absolute atomic E-state index is 0.123. The topological polar surface area (TPSA) is 61.5 Å². The molecular weight excluding hydrogens is 400 g/mol. The molecule has 3 aromatic rings. The maximum Gasteiger partial charge on any atom is 0.270 e. The number of benzene rings is 2. The number of aryl methyl sites for hydroxylation is 1. The Morgan fingerprint density at radius 3 is 2.41 bits per heavy atom. The fourth-order valence-corrected chi connectivity index (χ4v) is 4.82. The first-order chi connectivity index (χ1) is 15.7. The lowest BCUT2D eigenvalue weighted by atomic mass is 10.1. The highest BCUT2D eigenvalue weighted by atomic mass is 16.5. The molecule has 0 amide bonds. The molecule has 0 aliphatic carbocycles. The second-order valence-electron chi connectivity index (χ2n) is 8.71. The molecule has 2 aromatic carbocycles. The van der Waals surface area contributed by atoms with Gasteiger partial charge in [-0.2, -0.15) is 5.26 Å². The third-order valence-electron chi connectivity index (χ3n) is 6.74. The van der Waals surface area contributed by atoms with Crippen LogP contribution in [0, 0.1) is 11.3 Å². The number of pyridine rings is 1. The third kappa shape index (κ3) is 3.69. The van der Waals surface area contributed by atoms with Gasteiger partial charge < -0.3 is 19.1 Å². The molecule has 0 bridgehead atoms. The molecule has 2 saturated heterocycles. The predicted octanol–water partition coefficient (Wildman–Crippen LogP) is 4.06. The number of hydrogen-bond acceptors (Lipinski definition) is 5. The number of ether oxygens (including phenoxy) is 1. The van der Waals surface area contributed by atoms with Crippen LogP contribution in [0.25, 0.3) is 10.9 Å². The van der Waals surface area contributed by atoms with E-state index in [1.807, 2.05) is 24.3 Å². The Bertz CT molecular complexity index is 1220. The highest BCUT2D eigenvalue weighted by Crippen LogP contribution is 2.31. The number of rotatable bonds is 4. The van der Waals surface area contributed by atoms with Crippen molar-refractivity contribution in [2.45, 2.75) is 31.8 Å². The van der Waals surface area contributed by atoms with Gasteiger partial charge in [-0.1, -0.05) is 18.2 Å². The van der Waals surface area contributed by atoms with E-state index >= 15 is 0 Å². The fraction of sp³-hybridized carbons (Fsp3) is 0.385. The lowest BCUT2D eigenvalue weighted by molar-refractivity contribution is 0.188.